The molecule has 0 saturated carbocycles. The molecule has 0 saturated heterocycles. The quantitative estimate of drug-likeness (QED) is 0.0828. The summed E-state index contributed by atoms with van der Waals surface area (Å²) in [4.78, 5) is 2.25. The maximum atomic E-state index is 11.5. The Balaban J connectivity index is 1.40. The average Bonchev–Trinajstić information content (AvgIpc) is 3.51. The minimum absolute atomic E-state index is 0.269. The molecular weight excluding hydrogens is 759 g/mol. The van der Waals surface area contributed by atoms with Gasteiger partial charge in [-0.15, -0.1) is 0 Å². The van der Waals surface area contributed by atoms with Gasteiger partial charge in [0.25, 0.3) is 10.1 Å². The van der Waals surface area contributed by atoms with Crippen molar-refractivity contribution in [1.82, 2.24) is 0 Å². The first-order chi connectivity index (χ1) is 27.0. The number of anilines is 1. The molecule has 3 aliphatic rings. The fourth-order valence-corrected chi connectivity index (χ4v) is 9.52. The molecule has 0 spiro atoms. The van der Waals surface area contributed by atoms with Crippen LogP contribution in [0.15, 0.2) is 120 Å². The molecule has 3 aromatic rings. The van der Waals surface area contributed by atoms with Gasteiger partial charge in [0.15, 0.2) is 5.71 Å². The lowest BCUT2D eigenvalue weighted by molar-refractivity contribution is -0.438. The summed E-state index contributed by atoms with van der Waals surface area (Å²) in [6.07, 6.45) is 13.0. The molecule has 57 heavy (non-hydrogen) atoms. The van der Waals surface area contributed by atoms with E-state index in [1.165, 1.54) is 11.1 Å². The average molecular weight is 814 g/mol. The van der Waals surface area contributed by atoms with E-state index in [-0.39, 0.29) is 22.3 Å². The molecule has 12 heteroatoms. The summed E-state index contributed by atoms with van der Waals surface area (Å²) in [5.41, 5.74) is 15.1. The predicted octanol–water partition coefficient (Wildman–Crippen LogP) is 8.20. The Hall–Kier alpha value is -4.33. The minimum atomic E-state index is -4.28. The molecule has 1 aliphatic carbocycles. The molecule has 2 aliphatic heterocycles. The molecule has 3 N–H and O–H groups in total. The second kappa shape index (κ2) is 17.3. The molecule has 10 nitrogen and oxygen atoms in total. The summed E-state index contributed by atoms with van der Waals surface area (Å²) in [5.74, 6) is 0.856. The number of fused-ring (bicyclic) bond motifs is 2. The number of benzene rings is 3. The topological polar surface area (TPSA) is 153 Å². The van der Waals surface area contributed by atoms with Gasteiger partial charge < -0.3 is 19.9 Å². The van der Waals surface area contributed by atoms with Crippen LogP contribution in [-0.2, 0) is 37.6 Å². The van der Waals surface area contributed by atoms with Crippen molar-refractivity contribution in [2.24, 2.45) is 5.73 Å². The van der Waals surface area contributed by atoms with Crippen molar-refractivity contribution in [3.63, 3.8) is 0 Å². The Morgan fingerprint density at radius 1 is 0.825 bits per heavy atom. The largest absolute Gasteiger partial charge is 0.748 e. The number of hydrogen-bond donors (Lipinski definition) is 2. The highest BCUT2D eigenvalue weighted by atomic mass is 32.2. The van der Waals surface area contributed by atoms with Crippen LogP contribution in [0.3, 0.4) is 0 Å². The summed E-state index contributed by atoms with van der Waals surface area (Å²) in [6.45, 7) is 10.4. The van der Waals surface area contributed by atoms with E-state index in [1.807, 2.05) is 48.5 Å². The molecule has 0 unspecified atom stereocenters. The van der Waals surface area contributed by atoms with Gasteiger partial charge in [0.2, 0.25) is 5.69 Å². The van der Waals surface area contributed by atoms with Crippen molar-refractivity contribution >= 4 is 37.3 Å². The van der Waals surface area contributed by atoms with Crippen LogP contribution in [0, 0.1) is 0 Å². The van der Waals surface area contributed by atoms with Gasteiger partial charge >= 0.3 is 0 Å². The molecule has 6 rings (SSSR count). The number of allylic oxidation sites excluding steroid dienone is 7. The van der Waals surface area contributed by atoms with Crippen molar-refractivity contribution in [2.75, 3.05) is 29.5 Å². The van der Waals surface area contributed by atoms with E-state index in [9.17, 15) is 25.9 Å². The van der Waals surface area contributed by atoms with Gasteiger partial charge in [0, 0.05) is 59.8 Å². The Kier molecular flexibility index (Phi) is 12.8. The summed E-state index contributed by atoms with van der Waals surface area (Å²) < 4.78 is 75.4. The number of hydrogen-bond acceptors (Lipinski definition) is 8. The zero-order chi connectivity index (χ0) is 41.0. The first-order valence-corrected chi connectivity index (χ1v) is 23.0. The van der Waals surface area contributed by atoms with Crippen molar-refractivity contribution < 1.29 is 35.3 Å². The SMILES string of the molecule is CC1(C)C(=CC=C2CCCC(C=CC3=[N+](CCCCS(=O)(=O)O)c4ccccc4C3(C)C)=C2Oc2ccc(CN)cc2)N(CCCCS(=O)(=O)[O-])c2ccccc21. The Morgan fingerprint density at radius 3 is 2.21 bits per heavy atom. The summed E-state index contributed by atoms with van der Waals surface area (Å²) in [7, 11) is -8.32. The number of rotatable bonds is 16. The third-order valence-electron chi connectivity index (χ3n) is 11.4. The molecule has 3 aromatic carbocycles. The number of nitrogens with zero attached hydrogens (tertiary/aromatic N) is 2. The summed E-state index contributed by atoms with van der Waals surface area (Å²) >= 11 is 0. The fraction of sp³-hybridized carbons (Fsp3) is 0.400. The molecule has 0 bridgehead atoms. The maximum Gasteiger partial charge on any atom is 0.264 e. The highest BCUT2D eigenvalue weighted by Gasteiger charge is 2.44. The molecule has 0 amide bonds. The van der Waals surface area contributed by atoms with Crippen LogP contribution in [0.1, 0.15) is 89.3 Å². The van der Waals surface area contributed by atoms with E-state index in [2.05, 4.69) is 85.7 Å². The second-order valence-electron chi connectivity index (χ2n) is 16.2. The lowest BCUT2D eigenvalue weighted by Gasteiger charge is -2.27. The van der Waals surface area contributed by atoms with Crippen LogP contribution in [0.25, 0.3) is 0 Å². The predicted molar refractivity (Wildman–Crippen MR) is 227 cm³/mol. The van der Waals surface area contributed by atoms with Crippen LogP contribution < -0.4 is 15.4 Å². The van der Waals surface area contributed by atoms with Gasteiger partial charge in [0.05, 0.1) is 21.3 Å². The van der Waals surface area contributed by atoms with Gasteiger partial charge in [-0.1, -0.05) is 68.5 Å². The number of para-hydroxylation sites is 2. The normalized spacial score (nSPS) is 19.2. The smallest absolute Gasteiger partial charge is 0.264 e. The third-order valence-corrected chi connectivity index (χ3v) is 13.0. The lowest BCUT2D eigenvalue weighted by atomic mass is 9.81. The third kappa shape index (κ3) is 9.87. The molecule has 2 heterocycles. The Bertz CT molecular complexity index is 2350. The molecule has 304 valence electrons. The van der Waals surface area contributed by atoms with Crippen molar-refractivity contribution in [3.8, 4) is 5.75 Å². The van der Waals surface area contributed by atoms with Crippen molar-refractivity contribution in [1.29, 1.82) is 0 Å². The van der Waals surface area contributed by atoms with Crippen LogP contribution in [0.4, 0.5) is 11.4 Å². The van der Waals surface area contributed by atoms with Gasteiger partial charge in [-0.25, -0.2) is 8.42 Å². The van der Waals surface area contributed by atoms with Gasteiger partial charge in [-0.3, -0.25) is 4.55 Å². The highest BCUT2D eigenvalue weighted by Crippen LogP contribution is 2.48. The van der Waals surface area contributed by atoms with E-state index in [0.29, 0.717) is 51.1 Å². The fourth-order valence-electron chi connectivity index (χ4n) is 8.39. The van der Waals surface area contributed by atoms with Crippen LogP contribution in [0.2, 0.25) is 0 Å². The first kappa shape index (κ1) is 42.3. The number of unbranched alkanes of at least 4 members (excludes halogenated alkanes) is 2. The van der Waals surface area contributed by atoms with E-state index >= 15 is 0 Å². The zero-order valence-corrected chi connectivity index (χ0v) is 35.0. The molecular formula is C45H55N3O7S2. The maximum absolute atomic E-state index is 11.5. The standard InChI is InChI=1S/C45H55N3O7S2/c1-44(2)37-16-5-7-18-39(37)47(28-9-11-30-56(49,50)51)41(44)26-22-34-14-13-15-35(43(34)55-36-24-20-33(32-46)21-25-36)23-27-42-45(3,4)38-17-6-8-19-40(38)48(42)29-10-12-31-57(52,53)54/h5-8,16-27H,9-15,28-32,46H2,1-4H3,(H-,49,50,51,52,53,54). The van der Waals surface area contributed by atoms with Crippen LogP contribution in [-0.4, -0.2) is 60.8 Å². The lowest BCUT2D eigenvalue weighted by Crippen LogP contribution is -2.28. The van der Waals surface area contributed by atoms with Crippen LogP contribution >= 0.6 is 0 Å². The van der Waals surface area contributed by atoms with Gasteiger partial charge in [-0.2, -0.15) is 13.0 Å². The molecule has 0 fully saturated rings. The van der Waals surface area contributed by atoms with Crippen molar-refractivity contribution in [3.05, 3.63) is 136 Å². The van der Waals surface area contributed by atoms with Gasteiger partial charge in [0.1, 0.15) is 18.1 Å². The zero-order valence-electron chi connectivity index (χ0n) is 33.4. The number of nitrogens with two attached hydrogens (primary N) is 1. The highest BCUT2D eigenvalue weighted by molar-refractivity contribution is 7.85. The molecule has 0 radical (unpaired) electrons. The minimum Gasteiger partial charge on any atom is -0.748 e. The second-order valence-corrected chi connectivity index (χ2v) is 19.3. The summed E-state index contributed by atoms with van der Waals surface area (Å²) in [6, 6.07) is 24.4. The first-order valence-electron chi connectivity index (χ1n) is 19.8. The molecule has 0 atom stereocenters. The van der Waals surface area contributed by atoms with E-state index in [1.54, 1.807) is 0 Å². The van der Waals surface area contributed by atoms with Crippen LogP contribution in [0.5, 0.6) is 5.75 Å². The molecule has 0 aromatic heterocycles. The summed E-state index contributed by atoms with van der Waals surface area (Å²) in [5, 5.41) is 0. The van der Waals surface area contributed by atoms with E-state index < -0.39 is 20.2 Å². The Morgan fingerprint density at radius 2 is 1.51 bits per heavy atom. The van der Waals surface area contributed by atoms with Crippen molar-refractivity contribution in [2.45, 2.75) is 90.0 Å². The Labute approximate surface area is 338 Å². The van der Waals surface area contributed by atoms with Gasteiger partial charge in [-0.05, 0) is 105 Å². The van der Waals surface area contributed by atoms with E-state index in [0.717, 1.165) is 64.5 Å². The number of ether oxygens (including phenoxy) is 1. The van der Waals surface area contributed by atoms with E-state index in [4.69, 9.17) is 10.5 Å². The monoisotopic (exact) mass is 813 g/mol.